The van der Waals surface area contributed by atoms with Crippen molar-refractivity contribution in [2.24, 2.45) is 0 Å². The smallest absolute Gasteiger partial charge is 0.138 e. The average molecular weight is 263 g/mol. The van der Waals surface area contributed by atoms with Crippen LogP contribution in [0.2, 0.25) is 0 Å². The monoisotopic (exact) mass is 263 g/mol. The zero-order valence-corrected chi connectivity index (χ0v) is 12.1. The Bertz CT molecular complexity index is 569. The second kappa shape index (κ2) is 5.17. The van der Waals surface area contributed by atoms with Gasteiger partial charge in [-0.3, -0.25) is 0 Å². The Morgan fingerprint density at radius 2 is 1.95 bits per heavy atom. The summed E-state index contributed by atoms with van der Waals surface area (Å²) in [5.41, 5.74) is 1.89. The molecule has 5 nitrogen and oxygen atoms in total. The fourth-order valence-corrected chi connectivity index (χ4v) is 2.43. The zero-order valence-electron chi connectivity index (χ0n) is 12.1. The highest BCUT2D eigenvalue weighted by Crippen LogP contribution is 2.29. The van der Waals surface area contributed by atoms with Gasteiger partial charge in [-0.2, -0.15) is 5.10 Å². The third-order valence-corrected chi connectivity index (χ3v) is 3.46. The maximum absolute atomic E-state index is 10.4. The molecule has 1 unspecified atom stereocenters. The molecule has 0 spiro atoms. The average Bonchev–Trinajstić information content (AvgIpc) is 2.85. The van der Waals surface area contributed by atoms with Gasteiger partial charge < -0.3 is 9.52 Å². The molecule has 0 bridgehead atoms. The van der Waals surface area contributed by atoms with Crippen molar-refractivity contribution in [3.63, 3.8) is 0 Å². The van der Waals surface area contributed by atoms with Crippen molar-refractivity contribution in [2.75, 3.05) is 0 Å². The normalized spacial score (nSPS) is 13.2. The van der Waals surface area contributed by atoms with Crippen LogP contribution in [0.1, 0.15) is 54.5 Å². The Kier molecular flexibility index (Phi) is 3.75. The van der Waals surface area contributed by atoms with Gasteiger partial charge in [0.25, 0.3) is 0 Å². The molecular weight excluding hydrogens is 242 g/mol. The first-order chi connectivity index (χ1) is 8.91. The summed E-state index contributed by atoms with van der Waals surface area (Å²) in [5, 5.41) is 14.6. The number of hydrogen-bond donors (Lipinski definition) is 1. The summed E-state index contributed by atoms with van der Waals surface area (Å²) in [6, 6.07) is 0.234. The highest BCUT2D eigenvalue weighted by Gasteiger charge is 2.21. The van der Waals surface area contributed by atoms with Crippen molar-refractivity contribution in [2.45, 2.75) is 53.2 Å². The van der Waals surface area contributed by atoms with E-state index in [0.717, 1.165) is 28.5 Å². The minimum absolute atomic E-state index is 0.234. The van der Waals surface area contributed by atoms with E-state index < -0.39 is 6.10 Å². The summed E-state index contributed by atoms with van der Waals surface area (Å²) in [7, 11) is 0. The molecular formula is C14H21N3O2. The summed E-state index contributed by atoms with van der Waals surface area (Å²) in [4.78, 5) is 4.23. The second-order valence-corrected chi connectivity index (χ2v) is 5.19. The quantitative estimate of drug-likeness (QED) is 0.921. The maximum atomic E-state index is 10.4. The molecule has 0 aliphatic heterocycles. The molecule has 0 aliphatic carbocycles. The van der Waals surface area contributed by atoms with E-state index in [0.29, 0.717) is 6.42 Å². The standard InChI is InChI=1S/C14H21N3O2/c1-8(2)17-13(15-7-16-17)6-12(18)14-9(3)10(4)19-11(14)5/h7-8,12,18H,6H2,1-5H3. The fraction of sp³-hybridized carbons (Fsp3) is 0.571. The van der Waals surface area contributed by atoms with Crippen LogP contribution >= 0.6 is 0 Å². The van der Waals surface area contributed by atoms with Crippen LogP contribution in [0.15, 0.2) is 10.7 Å². The molecule has 2 heterocycles. The molecule has 104 valence electrons. The van der Waals surface area contributed by atoms with E-state index in [4.69, 9.17) is 4.42 Å². The molecule has 19 heavy (non-hydrogen) atoms. The highest BCUT2D eigenvalue weighted by atomic mass is 16.3. The topological polar surface area (TPSA) is 64.1 Å². The van der Waals surface area contributed by atoms with E-state index in [1.54, 1.807) is 0 Å². The Balaban J connectivity index is 2.26. The van der Waals surface area contributed by atoms with Crippen molar-refractivity contribution in [1.82, 2.24) is 14.8 Å². The molecule has 0 saturated carbocycles. The molecule has 1 N–H and O–H groups in total. The highest BCUT2D eigenvalue weighted by molar-refractivity contribution is 5.33. The number of aliphatic hydroxyl groups is 1. The van der Waals surface area contributed by atoms with Gasteiger partial charge in [-0.1, -0.05) is 0 Å². The van der Waals surface area contributed by atoms with Crippen LogP contribution in [0.3, 0.4) is 0 Å². The molecule has 2 aromatic rings. The number of aromatic nitrogens is 3. The molecule has 0 fully saturated rings. The number of nitrogens with zero attached hydrogens (tertiary/aromatic N) is 3. The van der Waals surface area contributed by atoms with Gasteiger partial charge in [0.15, 0.2) is 0 Å². The van der Waals surface area contributed by atoms with Gasteiger partial charge in [0, 0.05) is 18.0 Å². The lowest BCUT2D eigenvalue weighted by Gasteiger charge is -2.13. The Morgan fingerprint density at radius 3 is 2.47 bits per heavy atom. The maximum Gasteiger partial charge on any atom is 0.138 e. The molecule has 0 saturated heterocycles. The van der Waals surface area contributed by atoms with Crippen molar-refractivity contribution >= 4 is 0 Å². The third kappa shape index (κ3) is 2.56. The molecule has 0 radical (unpaired) electrons. The van der Waals surface area contributed by atoms with E-state index >= 15 is 0 Å². The van der Waals surface area contributed by atoms with Crippen LogP contribution in [0, 0.1) is 20.8 Å². The summed E-state index contributed by atoms with van der Waals surface area (Å²) >= 11 is 0. The van der Waals surface area contributed by atoms with Crippen molar-refractivity contribution in [3.8, 4) is 0 Å². The minimum Gasteiger partial charge on any atom is -0.466 e. The van der Waals surface area contributed by atoms with E-state index in [1.165, 1.54) is 6.33 Å². The molecule has 5 heteroatoms. The predicted molar refractivity (Wildman–Crippen MR) is 72.0 cm³/mol. The second-order valence-electron chi connectivity index (χ2n) is 5.19. The number of furan rings is 1. The zero-order chi connectivity index (χ0) is 14.2. The van der Waals surface area contributed by atoms with E-state index in [-0.39, 0.29) is 6.04 Å². The lowest BCUT2D eigenvalue weighted by molar-refractivity contribution is 0.171. The van der Waals surface area contributed by atoms with Gasteiger partial charge in [-0.05, 0) is 40.2 Å². The first kappa shape index (κ1) is 13.8. The van der Waals surface area contributed by atoms with Crippen LogP contribution in [0.4, 0.5) is 0 Å². The first-order valence-electron chi connectivity index (χ1n) is 6.54. The summed E-state index contributed by atoms with van der Waals surface area (Å²) in [6.07, 6.45) is 1.36. The van der Waals surface area contributed by atoms with Crippen molar-refractivity contribution < 1.29 is 9.52 Å². The molecule has 1 atom stereocenters. The van der Waals surface area contributed by atoms with Crippen LogP contribution < -0.4 is 0 Å². The number of aryl methyl sites for hydroxylation is 2. The van der Waals surface area contributed by atoms with Gasteiger partial charge in [0.05, 0.1) is 6.10 Å². The van der Waals surface area contributed by atoms with Gasteiger partial charge in [0.2, 0.25) is 0 Å². The van der Waals surface area contributed by atoms with Crippen molar-refractivity contribution in [3.05, 3.63) is 34.8 Å². The summed E-state index contributed by atoms with van der Waals surface area (Å²) < 4.78 is 7.39. The fourth-order valence-electron chi connectivity index (χ4n) is 2.43. The van der Waals surface area contributed by atoms with Gasteiger partial charge in [-0.15, -0.1) is 0 Å². The van der Waals surface area contributed by atoms with E-state index in [9.17, 15) is 5.11 Å². The van der Waals surface area contributed by atoms with Crippen LogP contribution in [-0.4, -0.2) is 19.9 Å². The van der Waals surface area contributed by atoms with Gasteiger partial charge in [-0.25, -0.2) is 9.67 Å². The van der Waals surface area contributed by atoms with Gasteiger partial charge >= 0.3 is 0 Å². The Morgan fingerprint density at radius 1 is 1.26 bits per heavy atom. The lowest BCUT2D eigenvalue weighted by atomic mass is 10.0. The predicted octanol–water partition coefficient (Wildman–Crippen LogP) is 2.65. The summed E-state index contributed by atoms with van der Waals surface area (Å²) in [6.45, 7) is 9.85. The number of hydrogen-bond acceptors (Lipinski definition) is 4. The molecule has 0 amide bonds. The Hall–Kier alpha value is -1.62. The molecule has 0 aliphatic rings. The number of rotatable bonds is 4. The minimum atomic E-state index is -0.612. The molecule has 2 aromatic heterocycles. The van der Waals surface area contributed by atoms with Crippen molar-refractivity contribution in [1.29, 1.82) is 0 Å². The SMILES string of the molecule is Cc1oc(C)c(C(O)Cc2ncnn2C(C)C)c1C. The molecule has 0 aromatic carbocycles. The largest absolute Gasteiger partial charge is 0.466 e. The van der Waals surface area contributed by atoms with Crippen LogP contribution in [-0.2, 0) is 6.42 Å². The summed E-state index contributed by atoms with van der Waals surface area (Å²) in [5.74, 6) is 2.43. The first-order valence-corrected chi connectivity index (χ1v) is 6.54. The molecule has 2 rings (SSSR count). The van der Waals surface area contributed by atoms with E-state index in [2.05, 4.69) is 10.1 Å². The van der Waals surface area contributed by atoms with Crippen LogP contribution in [0.5, 0.6) is 0 Å². The lowest BCUT2D eigenvalue weighted by Crippen LogP contribution is -2.12. The van der Waals surface area contributed by atoms with Gasteiger partial charge in [0.1, 0.15) is 23.7 Å². The number of aliphatic hydroxyl groups excluding tert-OH is 1. The third-order valence-electron chi connectivity index (χ3n) is 3.46. The van der Waals surface area contributed by atoms with E-state index in [1.807, 2.05) is 39.3 Å². The van der Waals surface area contributed by atoms with Crippen LogP contribution in [0.25, 0.3) is 0 Å². The Labute approximate surface area is 113 Å².